The predicted molar refractivity (Wildman–Crippen MR) is 145 cm³/mol. The van der Waals surface area contributed by atoms with Gasteiger partial charge >= 0.3 is 0 Å². The number of anilines is 1. The molecule has 7 heteroatoms. The standard InChI is InChI=1S/C28H40N2O4S/c1-4-5-6-7-8-9-10-11-20-34-26-17-15-23(16-18-26)27(31)29-25-14-12-13-24(22-25)28(32)30(35-3)19-21-33-2/h12-18,22H,4-11,19-21H2,1-3H3,(H,29,31). The molecule has 0 fully saturated rings. The van der Waals surface area contributed by atoms with Gasteiger partial charge in [0.1, 0.15) is 5.75 Å². The van der Waals surface area contributed by atoms with Crippen molar-refractivity contribution in [1.29, 1.82) is 0 Å². The maximum Gasteiger partial charge on any atom is 0.263 e. The summed E-state index contributed by atoms with van der Waals surface area (Å²) in [5.41, 5.74) is 1.62. The summed E-state index contributed by atoms with van der Waals surface area (Å²) in [5.74, 6) is 0.416. The van der Waals surface area contributed by atoms with E-state index in [2.05, 4.69) is 12.2 Å². The molecule has 1 N–H and O–H groups in total. The third-order valence-electron chi connectivity index (χ3n) is 5.70. The highest BCUT2D eigenvalue weighted by Crippen LogP contribution is 2.19. The molecule has 6 nitrogen and oxygen atoms in total. The number of ether oxygens (including phenoxy) is 2. The molecule has 2 amide bonds. The molecule has 0 spiro atoms. The second-order valence-corrected chi connectivity index (χ2v) is 9.27. The van der Waals surface area contributed by atoms with Gasteiger partial charge in [-0.1, -0.05) is 69.9 Å². The number of rotatable bonds is 17. The highest BCUT2D eigenvalue weighted by atomic mass is 32.2. The first kappa shape index (κ1) is 28.7. The molecule has 192 valence electrons. The van der Waals surface area contributed by atoms with Gasteiger partial charge in [0.15, 0.2) is 0 Å². The summed E-state index contributed by atoms with van der Waals surface area (Å²) in [6.45, 7) is 3.88. The second kappa shape index (κ2) is 17.0. The molecule has 0 radical (unpaired) electrons. The van der Waals surface area contributed by atoms with Crippen molar-refractivity contribution in [2.24, 2.45) is 0 Å². The maximum atomic E-state index is 12.7. The van der Waals surface area contributed by atoms with Crippen LogP contribution in [-0.2, 0) is 4.74 Å². The van der Waals surface area contributed by atoms with Crippen molar-refractivity contribution < 1.29 is 19.1 Å². The van der Waals surface area contributed by atoms with Crippen LogP contribution in [0.5, 0.6) is 5.75 Å². The fraction of sp³-hybridized carbons (Fsp3) is 0.500. The zero-order valence-electron chi connectivity index (χ0n) is 21.4. The molecule has 0 heterocycles. The molecule has 0 aliphatic rings. The van der Waals surface area contributed by atoms with Gasteiger partial charge in [-0.15, -0.1) is 0 Å². The van der Waals surface area contributed by atoms with E-state index in [0.717, 1.165) is 12.2 Å². The van der Waals surface area contributed by atoms with E-state index in [1.54, 1.807) is 47.8 Å². The zero-order valence-corrected chi connectivity index (χ0v) is 22.2. The summed E-state index contributed by atoms with van der Waals surface area (Å²) < 4.78 is 12.5. The van der Waals surface area contributed by atoms with Crippen molar-refractivity contribution in [1.82, 2.24) is 4.31 Å². The summed E-state index contributed by atoms with van der Waals surface area (Å²) in [6, 6.07) is 14.1. The maximum absolute atomic E-state index is 12.7. The Morgan fingerprint density at radius 1 is 0.886 bits per heavy atom. The Bertz CT molecular complexity index is 889. The number of hydrogen-bond donors (Lipinski definition) is 1. The monoisotopic (exact) mass is 500 g/mol. The summed E-state index contributed by atoms with van der Waals surface area (Å²) in [7, 11) is 1.61. The fourth-order valence-electron chi connectivity index (χ4n) is 3.66. The Morgan fingerprint density at radius 2 is 1.57 bits per heavy atom. The van der Waals surface area contributed by atoms with Crippen molar-refractivity contribution in [3.05, 3.63) is 59.7 Å². The van der Waals surface area contributed by atoms with Gasteiger partial charge in [-0.25, -0.2) is 0 Å². The number of carbonyl (C=O) groups excluding carboxylic acids is 2. The van der Waals surface area contributed by atoms with E-state index in [-0.39, 0.29) is 11.8 Å². The van der Waals surface area contributed by atoms with Crippen LogP contribution in [0.2, 0.25) is 0 Å². The molecule has 0 saturated heterocycles. The van der Waals surface area contributed by atoms with E-state index in [0.29, 0.717) is 36.6 Å². The predicted octanol–water partition coefficient (Wildman–Crippen LogP) is 6.83. The fourth-order valence-corrected chi connectivity index (χ4v) is 4.18. The Kier molecular flexibility index (Phi) is 14.0. The summed E-state index contributed by atoms with van der Waals surface area (Å²) in [6.07, 6.45) is 12.0. The number of carbonyl (C=O) groups is 2. The summed E-state index contributed by atoms with van der Waals surface area (Å²) >= 11 is 1.35. The van der Waals surface area contributed by atoms with E-state index in [9.17, 15) is 9.59 Å². The van der Waals surface area contributed by atoms with E-state index in [1.807, 2.05) is 18.4 Å². The third kappa shape index (κ3) is 10.7. The lowest BCUT2D eigenvalue weighted by atomic mass is 10.1. The number of nitrogens with zero attached hydrogens (tertiary/aromatic N) is 1. The first-order valence-corrected chi connectivity index (χ1v) is 13.8. The van der Waals surface area contributed by atoms with Crippen molar-refractivity contribution in [2.75, 3.05) is 38.4 Å². The van der Waals surface area contributed by atoms with Crippen molar-refractivity contribution >= 4 is 29.4 Å². The Morgan fingerprint density at radius 3 is 2.23 bits per heavy atom. The lowest BCUT2D eigenvalue weighted by molar-refractivity contribution is 0.0839. The Labute approximate surface area is 214 Å². The molecule has 0 aromatic heterocycles. The number of amides is 2. The van der Waals surface area contributed by atoms with Gasteiger partial charge < -0.3 is 14.8 Å². The van der Waals surface area contributed by atoms with Crippen LogP contribution in [-0.4, -0.2) is 49.2 Å². The molecule has 2 rings (SSSR count). The van der Waals surface area contributed by atoms with E-state index < -0.39 is 0 Å². The highest BCUT2D eigenvalue weighted by molar-refractivity contribution is 7.96. The minimum absolute atomic E-state index is 0.122. The van der Waals surface area contributed by atoms with Crippen molar-refractivity contribution in [2.45, 2.75) is 58.3 Å². The van der Waals surface area contributed by atoms with Gasteiger partial charge in [0.2, 0.25) is 0 Å². The second-order valence-electron chi connectivity index (χ2n) is 8.47. The topological polar surface area (TPSA) is 67.9 Å². The number of hydrogen-bond acceptors (Lipinski definition) is 5. The van der Waals surface area contributed by atoms with Crippen LogP contribution >= 0.6 is 11.9 Å². The van der Waals surface area contributed by atoms with Gasteiger partial charge in [-0.05, 0) is 48.9 Å². The third-order valence-corrected chi connectivity index (χ3v) is 6.49. The van der Waals surface area contributed by atoms with Gasteiger partial charge in [-0.3, -0.25) is 13.9 Å². The molecule has 0 bridgehead atoms. The smallest absolute Gasteiger partial charge is 0.263 e. The molecule has 0 unspecified atom stereocenters. The van der Waals surface area contributed by atoms with Crippen LogP contribution in [0.3, 0.4) is 0 Å². The van der Waals surface area contributed by atoms with E-state index >= 15 is 0 Å². The lowest BCUT2D eigenvalue weighted by Gasteiger charge is -2.19. The summed E-state index contributed by atoms with van der Waals surface area (Å²) in [5, 5.41) is 2.88. The van der Waals surface area contributed by atoms with Crippen LogP contribution in [0.4, 0.5) is 5.69 Å². The van der Waals surface area contributed by atoms with Crippen LogP contribution in [0.15, 0.2) is 48.5 Å². The highest BCUT2D eigenvalue weighted by Gasteiger charge is 2.16. The quantitative estimate of drug-likeness (QED) is 0.191. The minimum atomic E-state index is -0.231. The Hall–Kier alpha value is -2.51. The molecule has 35 heavy (non-hydrogen) atoms. The SMILES string of the molecule is CCCCCCCCCCOc1ccc(C(=O)Nc2cccc(C(=O)N(CCOC)SC)c2)cc1. The normalized spacial score (nSPS) is 10.7. The van der Waals surface area contributed by atoms with Crippen molar-refractivity contribution in [3.63, 3.8) is 0 Å². The molecule has 2 aromatic rings. The van der Waals surface area contributed by atoms with Gasteiger partial charge in [0.05, 0.1) is 19.8 Å². The van der Waals surface area contributed by atoms with Gasteiger partial charge in [0.25, 0.3) is 11.8 Å². The number of methoxy groups -OCH3 is 1. The zero-order chi connectivity index (χ0) is 25.3. The number of benzene rings is 2. The molecule has 0 saturated carbocycles. The minimum Gasteiger partial charge on any atom is -0.494 e. The average Bonchev–Trinajstić information content (AvgIpc) is 2.88. The Balaban J connectivity index is 1.79. The molecule has 0 atom stereocenters. The number of nitrogens with one attached hydrogen (secondary N) is 1. The van der Waals surface area contributed by atoms with Crippen LogP contribution in [0, 0.1) is 0 Å². The van der Waals surface area contributed by atoms with E-state index in [4.69, 9.17) is 9.47 Å². The molecular weight excluding hydrogens is 460 g/mol. The lowest BCUT2D eigenvalue weighted by Crippen LogP contribution is -2.27. The van der Waals surface area contributed by atoms with Crippen LogP contribution < -0.4 is 10.1 Å². The first-order chi connectivity index (χ1) is 17.1. The van der Waals surface area contributed by atoms with Crippen molar-refractivity contribution in [3.8, 4) is 5.75 Å². The van der Waals surface area contributed by atoms with E-state index in [1.165, 1.54) is 56.9 Å². The van der Waals surface area contributed by atoms with Gasteiger partial charge in [-0.2, -0.15) is 0 Å². The molecule has 2 aromatic carbocycles. The van der Waals surface area contributed by atoms with Gasteiger partial charge in [0, 0.05) is 30.2 Å². The summed E-state index contributed by atoms with van der Waals surface area (Å²) in [4.78, 5) is 25.4. The average molecular weight is 501 g/mol. The molecular formula is C28H40N2O4S. The first-order valence-electron chi connectivity index (χ1n) is 12.6. The van der Waals surface area contributed by atoms with Crippen LogP contribution in [0.1, 0.15) is 79.0 Å². The number of unbranched alkanes of at least 4 members (excludes halogenated alkanes) is 7. The largest absolute Gasteiger partial charge is 0.494 e. The van der Waals surface area contributed by atoms with Crippen LogP contribution in [0.25, 0.3) is 0 Å². The molecule has 0 aliphatic carbocycles. The molecule has 0 aliphatic heterocycles.